The fourth-order valence-corrected chi connectivity index (χ4v) is 3.26. The molecule has 1 N–H and O–H groups in total. The molecule has 1 aliphatic rings. The largest absolute Gasteiger partial charge is 0.368 e. The Hall–Kier alpha value is -3.92. The normalized spacial score (nSPS) is 13.6. The van der Waals surface area contributed by atoms with Gasteiger partial charge in [0.1, 0.15) is 11.5 Å². The summed E-state index contributed by atoms with van der Waals surface area (Å²) < 4.78 is 0. The van der Waals surface area contributed by atoms with E-state index in [1.165, 1.54) is 11.9 Å². The van der Waals surface area contributed by atoms with Gasteiger partial charge in [-0.05, 0) is 36.4 Å². The lowest BCUT2D eigenvalue weighted by Crippen LogP contribution is -2.46. The molecule has 1 aromatic heterocycles. The fraction of sp³-hybridized carbons (Fsp3) is 0.182. The van der Waals surface area contributed by atoms with Crippen molar-refractivity contribution in [2.45, 2.75) is 0 Å². The molecule has 0 bridgehead atoms. The number of nitrogens with zero attached hydrogens (tertiary/aromatic N) is 5. The molecule has 0 atom stereocenters. The highest BCUT2D eigenvalue weighted by molar-refractivity contribution is 6.02. The minimum atomic E-state index is -0.331. The van der Waals surface area contributed by atoms with Gasteiger partial charge in [0.25, 0.3) is 5.91 Å². The fourth-order valence-electron chi connectivity index (χ4n) is 3.26. The maximum atomic E-state index is 12.4. The van der Waals surface area contributed by atoms with Crippen molar-refractivity contribution in [3.05, 3.63) is 78.2 Å². The number of anilines is 3. The van der Waals surface area contributed by atoms with Gasteiger partial charge >= 0.3 is 0 Å². The first-order valence-corrected chi connectivity index (χ1v) is 9.41. The van der Waals surface area contributed by atoms with Crippen molar-refractivity contribution in [2.75, 3.05) is 41.3 Å². The summed E-state index contributed by atoms with van der Waals surface area (Å²) >= 11 is 0. The predicted octanol–water partition coefficient (Wildman–Crippen LogP) is 2.93. The summed E-state index contributed by atoms with van der Waals surface area (Å²) in [5, 5.41) is 11.6. The van der Waals surface area contributed by atoms with E-state index >= 15 is 0 Å². The molecule has 0 radical (unpaired) electrons. The Balaban J connectivity index is 1.35. The van der Waals surface area contributed by atoms with E-state index in [2.05, 4.69) is 49.4 Å². The molecule has 7 nitrogen and oxygen atoms in total. The molecule has 0 unspecified atom stereocenters. The maximum absolute atomic E-state index is 12.4. The second kappa shape index (κ2) is 8.40. The molecule has 1 aliphatic heterocycles. The number of hydrogen-bond acceptors (Lipinski definition) is 6. The molecule has 1 saturated heterocycles. The van der Waals surface area contributed by atoms with Gasteiger partial charge < -0.3 is 15.1 Å². The summed E-state index contributed by atoms with van der Waals surface area (Å²) in [5.74, 6) is 0.440. The Morgan fingerprint density at radius 2 is 1.59 bits per heavy atom. The van der Waals surface area contributed by atoms with Gasteiger partial charge in [0.2, 0.25) is 0 Å². The van der Waals surface area contributed by atoms with E-state index in [-0.39, 0.29) is 11.6 Å². The van der Waals surface area contributed by atoms with Crippen LogP contribution in [-0.4, -0.2) is 42.1 Å². The zero-order valence-electron chi connectivity index (χ0n) is 15.8. The quantitative estimate of drug-likeness (QED) is 0.744. The Morgan fingerprint density at radius 3 is 2.21 bits per heavy atom. The molecular formula is C22H20N6O. The van der Waals surface area contributed by atoms with E-state index in [4.69, 9.17) is 5.26 Å². The van der Waals surface area contributed by atoms with Crippen molar-refractivity contribution in [1.82, 2.24) is 9.97 Å². The molecule has 0 spiro atoms. The number of aromatic nitrogens is 2. The lowest BCUT2D eigenvalue weighted by molar-refractivity contribution is 0.102. The molecule has 29 heavy (non-hydrogen) atoms. The lowest BCUT2D eigenvalue weighted by Gasteiger charge is -2.36. The zero-order valence-corrected chi connectivity index (χ0v) is 15.8. The number of benzene rings is 2. The molecule has 2 heterocycles. The molecule has 3 aromatic rings. The van der Waals surface area contributed by atoms with Gasteiger partial charge in [-0.15, -0.1) is 0 Å². The van der Waals surface area contributed by atoms with Crippen molar-refractivity contribution < 1.29 is 4.79 Å². The molecule has 0 aliphatic carbocycles. The van der Waals surface area contributed by atoms with E-state index in [1.54, 1.807) is 30.5 Å². The van der Waals surface area contributed by atoms with Gasteiger partial charge in [0.15, 0.2) is 0 Å². The van der Waals surface area contributed by atoms with Gasteiger partial charge in [-0.25, -0.2) is 9.97 Å². The molecular weight excluding hydrogens is 364 g/mol. The van der Waals surface area contributed by atoms with Crippen LogP contribution in [0.3, 0.4) is 0 Å². The SMILES string of the molecule is N#Cc1ccc(NC(=O)c2cnc(N3CCN(c4ccccc4)CC3)cn2)cc1. The van der Waals surface area contributed by atoms with Gasteiger partial charge in [-0.1, -0.05) is 18.2 Å². The number of piperazine rings is 1. The first-order chi connectivity index (χ1) is 14.2. The third-order valence-electron chi connectivity index (χ3n) is 4.87. The minimum Gasteiger partial charge on any atom is -0.368 e. The van der Waals surface area contributed by atoms with Crippen molar-refractivity contribution >= 4 is 23.1 Å². The molecule has 2 aromatic carbocycles. The lowest BCUT2D eigenvalue weighted by atomic mass is 10.2. The molecule has 1 fully saturated rings. The van der Waals surface area contributed by atoms with Crippen molar-refractivity contribution in [3.63, 3.8) is 0 Å². The van der Waals surface area contributed by atoms with Crippen LogP contribution in [0.25, 0.3) is 0 Å². The number of para-hydroxylation sites is 1. The summed E-state index contributed by atoms with van der Waals surface area (Å²) in [6.45, 7) is 3.51. The van der Waals surface area contributed by atoms with Crippen LogP contribution in [0.5, 0.6) is 0 Å². The molecule has 1 amide bonds. The monoisotopic (exact) mass is 384 g/mol. The summed E-state index contributed by atoms with van der Waals surface area (Å²) in [7, 11) is 0. The van der Waals surface area contributed by atoms with Crippen LogP contribution in [0.2, 0.25) is 0 Å². The summed E-state index contributed by atoms with van der Waals surface area (Å²) in [6.07, 6.45) is 3.14. The topological polar surface area (TPSA) is 85.1 Å². The van der Waals surface area contributed by atoms with E-state index in [9.17, 15) is 4.79 Å². The third kappa shape index (κ3) is 4.33. The van der Waals surface area contributed by atoms with Crippen LogP contribution in [0.4, 0.5) is 17.2 Å². The number of rotatable bonds is 4. The Morgan fingerprint density at radius 1 is 0.897 bits per heavy atom. The van der Waals surface area contributed by atoms with E-state index in [1.807, 2.05) is 12.1 Å². The van der Waals surface area contributed by atoms with Crippen molar-refractivity contribution in [3.8, 4) is 6.07 Å². The van der Waals surface area contributed by atoms with Gasteiger partial charge in [0, 0.05) is 37.6 Å². The third-order valence-corrected chi connectivity index (χ3v) is 4.87. The van der Waals surface area contributed by atoms with Gasteiger partial charge in [-0.2, -0.15) is 5.26 Å². The molecule has 4 rings (SSSR count). The molecule has 144 valence electrons. The predicted molar refractivity (Wildman–Crippen MR) is 112 cm³/mol. The van der Waals surface area contributed by atoms with Crippen LogP contribution in [0.1, 0.15) is 16.1 Å². The smallest absolute Gasteiger partial charge is 0.275 e. The zero-order chi connectivity index (χ0) is 20.1. The number of amides is 1. The highest BCUT2D eigenvalue weighted by Gasteiger charge is 2.19. The summed E-state index contributed by atoms with van der Waals surface area (Å²) in [4.78, 5) is 25.6. The average molecular weight is 384 g/mol. The Kier molecular flexibility index (Phi) is 5.34. The highest BCUT2D eigenvalue weighted by Crippen LogP contribution is 2.18. The Bertz CT molecular complexity index is 1000. The van der Waals surface area contributed by atoms with Crippen LogP contribution in [-0.2, 0) is 0 Å². The van der Waals surface area contributed by atoms with Crippen LogP contribution in [0, 0.1) is 11.3 Å². The Labute approximate surface area is 169 Å². The van der Waals surface area contributed by atoms with E-state index in [0.717, 1.165) is 32.0 Å². The van der Waals surface area contributed by atoms with Gasteiger partial charge in [-0.3, -0.25) is 4.79 Å². The van der Waals surface area contributed by atoms with E-state index < -0.39 is 0 Å². The molecule has 7 heteroatoms. The number of carbonyl (C=O) groups excluding carboxylic acids is 1. The standard InChI is InChI=1S/C22H20N6O/c23-14-17-6-8-18(9-7-17)26-22(29)20-15-25-21(16-24-20)28-12-10-27(11-13-28)19-4-2-1-3-5-19/h1-9,15-16H,10-13H2,(H,26,29). The summed E-state index contributed by atoms with van der Waals surface area (Å²) in [5.41, 5.74) is 2.63. The summed E-state index contributed by atoms with van der Waals surface area (Å²) in [6, 6.07) is 19.1. The number of hydrogen-bond donors (Lipinski definition) is 1. The first kappa shape index (κ1) is 18.4. The van der Waals surface area contributed by atoms with Crippen LogP contribution in [0.15, 0.2) is 67.0 Å². The number of nitriles is 1. The highest BCUT2D eigenvalue weighted by atomic mass is 16.1. The second-order valence-electron chi connectivity index (χ2n) is 6.71. The first-order valence-electron chi connectivity index (χ1n) is 9.41. The van der Waals surface area contributed by atoms with Crippen molar-refractivity contribution in [2.24, 2.45) is 0 Å². The number of carbonyl (C=O) groups is 1. The van der Waals surface area contributed by atoms with E-state index in [0.29, 0.717) is 11.3 Å². The molecule has 0 saturated carbocycles. The number of nitrogens with one attached hydrogen (secondary N) is 1. The van der Waals surface area contributed by atoms with Crippen LogP contribution < -0.4 is 15.1 Å². The second-order valence-corrected chi connectivity index (χ2v) is 6.71. The minimum absolute atomic E-state index is 0.251. The van der Waals surface area contributed by atoms with Crippen LogP contribution >= 0.6 is 0 Å². The average Bonchev–Trinajstić information content (AvgIpc) is 2.80. The maximum Gasteiger partial charge on any atom is 0.275 e. The van der Waals surface area contributed by atoms with Crippen molar-refractivity contribution in [1.29, 1.82) is 5.26 Å². The van der Waals surface area contributed by atoms with Gasteiger partial charge in [0.05, 0.1) is 24.0 Å².